The van der Waals surface area contributed by atoms with Gasteiger partial charge in [-0.25, -0.2) is 0 Å². The van der Waals surface area contributed by atoms with E-state index in [0.29, 0.717) is 5.56 Å². The fourth-order valence-corrected chi connectivity index (χ4v) is 3.86. The second-order valence-electron chi connectivity index (χ2n) is 8.67. The van der Waals surface area contributed by atoms with Gasteiger partial charge in [-0.2, -0.15) is 0 Å². The monoisotopic (exact) mass is 409 g/mol. The Labute approximate surface area is 178 Å². The van der Waals surface area contributed by atoms with Gasteiger partial charge in [0, 0.05) is 28.0 Å². The number of hydrogen-bond donors (Lipinski definition) is 2. The van der Waals surface area contributed by atoms with Crippen molar-refractivity contribution >= 4 is 40.6 Å². The summed E-state index contributed by atoms with van der Waals surface area (Å²) in [6.07, 6.45) is 4.32. The largest absolute Gasteiger partial charge is 0.398 e. The molecule has 1 heterocycles. The molecule has 0 aliphatic heterocycles. The maximum absolute atomic E-state index is 12.7. The number of nitrogens with one attached hydrogen (secondary N) is 1. The van der Waals surface area contributed by atoms with Crippen LogP contribution in [-0.4, -0.2) is 10.9 Å². The smallest absolute Gasteiger partial charge is 0.255 e. The summed E-state index contributed by atoms with van der Waals surface area (Å²) in [5, 5.41) is 3.91. The van der Waals surface area contributed by atoms with Gasteiger partial charge in [-0.15, -0.1) is 12.4 Å². The highest BCUT2D eigenvalue weighted by Crippen LogP contribution is 2.32. The van der Waals surface area contributed by atoms with Crippen LogP contribution in [0.3, 0.4) is 0 Å². The third kappa shape index (κ3) is 4.23. The third-order valence-corrected chi connectivity index (χ3v) is 5.58. The second-order valence-corrected chi connectivity index (χ2v) is 8.67. The van der Waals surface area contributed by atoms with Crippen molar-refractivity contribution in [2.45, 2.75) is 51.9 Å². The molecule has 152 valence electrons. The van der Waals surface area contributed by atoms with Gasteiger partial charge in [0.1, 0.15) is 0 Å². The van der Waals surface area contributed by atoms with Gasteiger partial charge in [0.05, 0.1) is 5.52 Å². The van der Waals surface area contributed by atoms with E-state index in [-0.39, 0.29) is 23.7 Å². The third-order valence-electron chi connectivity index (χ3n) is 5.58. The fraction of sp³-hybridized carbons (Fsp3) is 0.333. The number of amides is 1. The average molecular weight is 410 g/mol. The van der Waals surface area contributed by atoms with Crippen LogP contribution in [0.2, 0.25) is 0 Å². The zero-order valence-corrected chi connectivity index (χ0v) is 18.0. The maximum atomic E-state index is 12.7. The van der Waals surface area contributed by atoms with Gasteiger partial charge in [0.15, 0.2) is 0 Å². The van der Waals surface area contributed by atoms with E-state index in [1.54, 1.807) is 0 Å². The Bertz CT molecular complexity index is 1050. The number of aryl methyl sites for hydroxylation is 1. The van der Waals surface area contributed by atoms with E-state index < -0.39 is 0 Å². The number of pyridine rings is 1. The molecule has 0 spiro atoms. The first-order chi connectivity index (χ1) is 13.3. The zero-order valence-electron chi connectivity index (χ0n) is 17.2. The first kappa shape index (κ1) is 21.1. The van der Waals surface area contributed by atoms with Gasteiger partial charge in [0.25, 0.3) is 5.91 Å². The number of nitrogens with two attached hydrogens (primary N) is 1. The minimum Gasteiger partial charge on any atom is -0.398 e. The number of anilines is 2. The summed E-state index contributed by atoms with van der Waals surface area (Å²) >= 11 is 0. The second kappa shape index (κ2) is 8.03. The van der Waals surface area contributed by atoms with E-state index in [1.165, 1.54) is 17.5 Å². The van der Waals surface area contributed by atoms with Crippen LogP contribution < -0.4 is 11.1 Å². The summed E-state index contributed by atoms with van der Waals surface area (Å²) in [6.45, 7) is 6.48. The molecule has 1 amide bonds. The quantitative estimate of drug-likeness (QED) is 0.573. The number of benzene rings is 2. The highest BCUT2D eigenvalue weighted by molar-refractivity contribution is 6.06. The number of nitrogens with zero attached hydrogens (tertiary/aromatic N) is 1. The van der Waals surface area contributed by atoms with E-state index in [9.17, 15) is 4.79 Å². The summed E-state index contributed by atoms with van der Waals surface area (Å²) < 4.78 is 0. The molecule has 4 nitrogen and oxygen atoms in total. The van der Waals surface area contributed by atoms with Gasteiger partial charge in [-0.3, -0.25) is 9.78 Å². The number of carbonyl (C=O) groups excluding carboxylic acids is 1. The average Bonchev–Trinajstić information content (AvgIpc) is 2.68. The minimum atomic E-state index is -0.121. The number of fused-ring (bicyclic) bond motifs is 2. The Hall–Kier alpha value is -2.59. The summed E-state index contributed by atoms with van der Waals surface area (Å²) in [6, 6.07) is 13.6. The van der Waals surface area contributed by atoms with Crippen molar-refractivity contribution in [2.24, 2.45) is 0 Å². The molecule has 0 fully saturated rings. The number of hydrogen-bond acceptors (Lipinski definition) is 3. The van der Waals surface area contributed by atoms with Gasteiger partial charge < -0.3 is 11.1 Å². The van der Waals surface area contributed by atoms with Crippen molar-refractivity contribution in [3.63, 3.8) is 0 Å². The number of halogens is 1. The number of rotatable bonds is 2. The zero-order chi connectivity index (χ0) is 19.9. The van der Waals surface area contributed by atoms with Crippen LogP contribution in [0.15, 0.2) is 42.5 Å². The lowest BCUT2D eigenvalue weighted by molar-refractivity contribution is 0.102. The van der Waals surface area contributed by atoms with E-state index in [4.69, 9.17) is 10.7 Å². The Kier molecular flexibility index (Phi) is 5.85. The van der Waals surface area contributed by atoms with E-state index in [2.05, 4.69) is 26.1 Å². The molecular formula is C24H28ClN3O. The van der Waals surface area contributed by atoms with Crippen molar-refractivity contribution in [3.05, 3.63) is 64.8 Å². The van der Waals surface area contributed by atoms with Crippen LogP contribution in [-0.2, 0) is 18.3 Å². The standard InChI is InChI=1S/C24H27N3O.ClH/c1-24(2,3)16-10-8-15(9-11-16)23(28)26-17-12-13-21-19(14-17)22(25)18-6-4-5-7-20(18)27-21;/h8-14H,4-7H2,1-3H3,(H2,25,27)(H,26,28);1H. The van der Waals surface area contributed by atoms with E-state index in [0.717, 1.165) is 47.2 Å². The first-order valence-corrected chi connectivity index (χ1v) is 9.96. The van der Waals surface area contributed by atoms with Gasteiger partial charge in [-0.1, -0.05) is 32.9 Å². The van der Waals surface area contributed by atoms with Gasteiger partial charge in [0.2, 0.25) is 0 Å². The lowest BCUT2D eigenvalue weighted by Gasteiger charge is -2.19. The van der Waals surface area contributed by atoms with Gasteiger partial charge in [-0.05, 0) is 72.6 Å². The molecule has 0 bridgehead atoms. The molecule has 1 aliphatic carbocycles. The highest BCUT2D eigenvalue weighted by Gasteiger charge is 2.17. The molecule has 29 heavy (non-hydrogen) atoms. The molecular weight excluding hydrogens is 382 g/mol. The Morgan fingerprint density at radius 3 is 2.41 bits per heavy atom. The molecule has 3 aromatic rings. The SMILES string of the molecule is CC(C)(C)c1ccc(C(=O)Nc2ccc3nc4c(c(N)c3c2)CCCC4)cc1.Cl. The van der Waals surface area contributed by atoms with Crippen LogP contribution in [0.25, 0.3) is 10.9 Å². The minimum absolute atomic E-state index is 0. The van der Waals surface area contributed by atoms with Crippen molar-refractivity contribution in [1.82, 2.24) is 4.98 Å². The molecule has 3 N–H and O–H groups in total. The van der Waals surface area contributed by atoms with E-state index in [1.807, 2.05) is 42.5 Å². The number of carbonyl (C=O) groups is 1. The Morgan fingerprint density at radius 2 is 1.72 bits per heavy atom. The van der Waals surface area contributed by atoms with Crippen LogP contribution in [0.5, 0.6) is 0 Å². The van der Waals surface area contributed by atoms with Crippen LogP contribution in [0, 0.1) is 0 Å². The van der Waals surface area contributed by atoms with Crippen LogP contribution >= 0.6 is 12.4 Å². The summed E-state index contributed by atoms with van der Waals surface area (Å²) in [4.78, 5) is 17.5. The highest BCUT2D eigenvalue weighted by atomic mass is 35.5. The molecule has 1 aliphatic rings. The van der Waals surface area contributed by atoms with Crippen LogP contribution in [0.1, 0.15) is 60.8 Å². The van der Waals surface area contributed by atoms with Crippen molar-refractivity contribution in [2.75, 3.05) is 11.1 Å². The number of nitrogen functional groups attached to an aromatic ring is 1. The lowest BCUT2D eigenvalue weighted by atomic mass is 9.87. The predicted octanol–water partition coefficient (Wildman–Crippen LogP) is 5.67. The summed E-state index contributed by atoms with van der Waals surface area (Å²) in [5.74, 6) is -0.121. The Morgan fingerprint density at radius 1 is 1.03 bits per heavy atom. The molecule has 5 heteroatoms. The predicted molar refractivity (Wildman–Crippen MR) is 123 cm³/mol. The van der Waals surface area contributed by atoms with Crippen molar-refractivity contribution < 1.29 is 4.79 Å². The molecule has 0 atom stereocenters. The number of aromatic nitrogens is 1. The summed E-state index contributed by atoms with van der Waals surface area (Å²) in [5.41, 5.74) is 13.1. The molecule has 4 rings (SSSR count). The molecule has 2 aromatic carbocycles. The Balaban J connectivity index is 0.00000240. The molecule has 0 radical (unpaired) electrons. The van der Waals surface area contributed by atoms with Gasteiger partial charge >= 0.3 is 0 Å². The molecule has 0 saturated heterocycles. The lowest BCUT2D eigenvalue weighted by Crippen LogP contribution is -2.14. The summed E-state index contributed by atoms with van der Waals surface area (Å²) in [7, 11) is 0. The molecule has 0 saturated carbocycles. The maximum Gasteiger partial charge on any atom is 0.255 e. The topological polar surface area (TPSA) is 68.0 Å². The normalized spacial score (nSPS) is 13.5. The molecule has 1 aromatic heterocycles. The first-order valence-electron chi connectivity index (χ1n) is 9.96. The van der Waals surface area contributed by atoms with Crippen LogP contribution in [0.4, 0.5) is 11.4 Å². The fourth-order valence-electron chi connectivity index (χ4n) is 3.86. The van der Waals surface area contributed by atoms with Crippen molar-refractivity contribution in [1.29, 1.82) is 0 Å². The van der Waals surface area contributed by atoms with E-state index >= 15 is 0 Å². The van der Waals surface area contributed by atoms with Crippen molar-refractivity contribution in [3.8, 4) is 0 Å². The molecule has 0 unspecified atom stereocenters.